The third-order valence-electron chi connectivity index (χ3n) is 5.24. The first-order chi connectivity index (χ1) is 14.8. The lowest BCUT2D eigenvalue weighted by Gasteiger charge is -2.28. The maximum absolute atomic E-state index is 12.0. The molecule has 1 heterocycles. The molecule has 1 unspecified atom stereocenters. The van der Waals surface area contributed by atoms with Gasteiger partial charge in [0.15, 0.2) is 5.78 Å². The molecule has 1 aliphatic heterocycles. The van der Waals surface area contributed by atoms with E-state index >= 15 is 0 Å². The Morgan fingerprint density at radius 3 is 2.20 bits per heavy atom. The van der Waals surface area contributed by atoms with Gasteiger partial charge in [-0.25, -0.2) is 9.71 Å². The lowest BCUT2D eigenvalue weighted by Crippen LogP contribution is -2.36. The molecule has 0 radical (unpaired) electrons. The normalized spacial score (nSPS) is 15.9. The van der Waals surface area contributed by atoms with E-state index in [4.69, 9.17) is 13.9 Å². The van der Waals surface area contributed by atoms with E-state index in [1.54, 1.807) is 7.11 Å². The Hall–Kier alpha value is -0.880. The standard InChI is InChI=1S/C23H39N2O4P/c1-27-30(29-25-18-20-28-21-19-25)24-17-13-8-6-4-2-3-5-7-12-16-23(26)22-14-10-9-11-15-22/h9-11,14-15,24H,2-8,12-13,16-21H2,1H3. The molecular formula is C23H39N2O4P. The average Bonchev–Trinajstić information content (AvgIpc) is 2.80. The van der Waals surface area contributed by atoms with Crippen LogP contribution in [0.2, 0.25) is 0 Å². The number of hydroxylamine groups is 2. The Bertz CT molecular complexity index is 555. The number of ketones is 1. The van der Waals surface area contributed by atoms with E-state index in [0.717, 1.165) is 57.7 Å². The van der Waals surface area contributed by atoms with Gasteiger partial charge in [-0.1, -0.05) is 75.3 Å². The average molecular weight is 439 g/mol. The zero-order chi connectivity index (χ0) is 21.3. The molecular weight excluding hydrogens is 399 g/mol. The van der Waals surface area contributed by atoms with Crippen LogP contribution in [0.5, 0.6) is 0 Å². The molecule has 0 aromatic heterocycles. The number of carbonyl (C=O) groups is 1. The van der Waals surface area contributed by atoms with Crippen molar-refractivity contribution in [1.82, 2.24) is 10.2 Å². The van der Waals surface area contributed by atoms with Gasteiger partial charge in [0, 0.05) is 38.7 Å². The fourth-order valence-corrected chi connectivity index (χ4v) is 4.41. The van der Waals surface area contributed by atoms with Crippen molar-refractivity contribution in [1.29, 1.82) is 0 Å². The van der Waals surface area contributed by atoms with Gasteiger partial charge in [0.2, 0.25) is 0 Å². The van der Waals surface area contributed by atoms with E-state index in [-0.39, 0.29) is 5.78 Å². The summed E-state index contributed by atoms with van der Waals surface area (Å²) in [4.78, 5) is 12.0. The highest BCUT2D eigenvalue weighted by atomic mass is 31.2. The van der Waals surface area contributed by atoms with Gasteiger partial charge in [-0.05, 0) is 12.8 Å². The molecule has 0 amide bonds. The predicted octanol–water partition coefficient (Wildman–Crippen LogP) is 5.50. The van der Waals surface area contributed by atoms with Crippen molar-refractivity contribution >= 4 is 14.3 Å². The largest absolute Gasteiger partial charge is 0.379 e. The molecule has 6 nitrogen and oxygen atoms in total. The molecule has 30 heavy (non-hydrogen) atoms. The minimum Gasteiger partial charge on any atom is -0.379 e. The molecule has 2 rings (SSSR count). The predicted molar refractivity (Wildman–Crippen MR) is 122 cm³/mol. The quantitative estimate of drug-likeness (QED) is 0.197. The number of hydrogen-bond acceptors (Lipinski definition) is 6. The molecule has 0 bridgehead atoms. The lowest BCUT2D eigenvalue weighted by atomic mass is 10.0. The molecule has 1 aromatic rings. The summed E-state index contributed by atoms with van der Waals surface area (Å²) in [5, 5.41) is 5.31. The Balaban J connectivity index is 1.35. The monoisotopic (exact) mass is 438 g/mol. The number of ether oxygens (including phenoxy) is 1. The van der Waals surface area contributed by atoms with Crippen LogP contribution in [0.25, 0.3) is 0 Å². The van der Waals surface area contributed by atoms with Crippen molar-refractivity contribution in [3.63, 3.8) is 0 Å². The first kappa shape index (κ1) is 25.4. The second-order valence-corrected chi connectivity index (χ2v) is 9.05. The van der Waals surface area contributed by atoms with Crippen LogP contribution in [-0.2, 0) is 13.9 Å². The molecule has 1 aromatic carbocycles. The van der Waals surface area contributed by atoms with Crippen LogP contribution < -0.4 is 5.09 Å². The number of morpholine rings is 1. The van der Waals surface area contributed by atoms with Gasteiger partial charge in [-0.2, -0.15) is 5.06 Å². The van der Waals surface area contributed by atoms with E-state index in [1.165, 1.54) is 38.5 Å². The number of rotatable bonds is 17. The summed E-state index contributed by atoms with van der Waals surface area (Å²) in [5.74, 6) is 0.275. The number of unbranched alkanes of at least 4 members (excludes halogenated alkanes) is 8. The lowest BCUT2D eigenvalue weighted by molar-refractivity contribution is -0.119. The van der Waals surface area contributed by atoms with Gasteiger partial charge in [-0.15, -0.1) is 0 Å². The van der Waals surface area contributed by atoms with Crippen molar-refractivity contribution in [3.05, 3.63) is 35.9 Å². The van der Waals surface area contributed by atoms with Crippen LogP contribution in [0.1, 0.15) is 74.6 Å². The van der Waals surface area contributed by atoms with Gasteiger partial charge in [0.05, 0.1) is 13.2 Å². The summed E-state index contributed by atoms with van der Waals surface area (Å²) < 4.78 is 16.6. The van der Waals surface area contributed by atoms with Gasteiger partial charge >= 0.3 is 0 Å². The molecule has 1 N–H and O–H groups in total. The first-order valence-corrected chi connectivity index (χ1v) is 12.6. The second kappa shape index (κ2) is 16.8. The van der Waals surface area contributed by atoms with Crippen LogP contribution in [0.3, 0.4) is 0 Å². The van der Waals surface area contributed by atoms with E-state index in [1.807, 2.05) is 35.4 Å². The third kappa shape index (κ3) is 11.5. The van der Waals surface area contributed by atoms with E-state index in [0.29, 0.717) is 6.42 Å². The Morgan fingerprint density at radius 1 is 0.967 bits per heavy atom. The van der Waals surface area contributed by atoms with E-state index < -0.39 is 8.53 Å². The summed E-state index contributed by atoms with van der Waals surface area (Å²) in [6.45, 7) is 3.97. The van der Waals surface area contributed by atoms with Crippen LogP contribution in [0.15, 0.2) is 30.3 Å². The summed E-state index contributed by atoms with van der Waals surface area (Å²) in [5.41, 5.74) is 0.845. The SMILES string of the molecule is COP(NCCCCCCCCCCCC(=O)c1ccccc1)ON1CCOCC1. The maximum atomic E-state index is 12.0. The number of nitrogens with zero attached hydrogens (tertiary/aromatic N) is 1. The summed E-state index contributed by atoms with van der Waals surface area (Å²) >= 11 is 0. The molecule has 1 atom stereocenters. The van der Waals surface area contributed by atoms with Gasteiger partial charge in [-0.3, -0.25) is 4.79 Å². The molecule has 0 saturated carbocycles. The highest BCUT2D eigenvalue weighted by molar-refractivity contribution is 7.44. The minimum absolute atomic E-state index is 0.275. The van der Waals surface area contributed by atoms with Gasteiger partial charge < -0.3 is 9.26 Å². The smallest absolute Gasteiger partial charge is 0.273 e. The van der Waals surface area contributed by atoms with Gasteiger partial charge in [0.1, 0.15) is 0 Å². The van der Waals surface area contributed by atoms with Crippen molar-refractivity contribution < 1.29 is 18.7 Å². The maximum Gasteiger partial charge on any atom is 0.273 e. The molecule has 1 saturated heterocycles. The topological polar surface area (TPSA) is 60.0 Å². The number of Topliss-reactive ketones (excluding diaryl/α,β-unsaturated/α-hetero) is 1. The second-order valence-electron chi connectivity index (χ2n) is 7.69. The zero-order valence-electron chi connectivity index (χ0n) is 18.5. The summed E-state index contributed by atoms with van der Waals surface area (Å²) in [6.07, 6.45) is 11.6. The number of nitrogens with one attached hydrogen (secondary N) is 1. The van der Waals surface area contributed by atoms with Crippen LogP contribution >= 0.6 is 8.53 Å². The zero-order valence-corrected chi connectivity index (χ0v) is 19.4. The molecule has 0 spiro atoms. The molecule has 1 aliphatic rings. The minimum atomic E-state index is -1.04. The van der Waals surface area contributed by atoms with Crippen LogP contribution in [-0.4, -0.2) is 50.8 Å². The summed E-state index contributed by atoms with van der Waals surface area (Å²) in [6, 6.07) is 9.63. The van der Waals surface area contributed by atoms with Gasteiger partial charge in [0.25, 0.3) is 8.53 Å². The molecule has 1 fully saturated rings. The Labute approximate surface area is 183 Å². The Morgan fingerprint density at radius 2 is 1.57 bits per heavy atom. The van der Waals surface area contributed by atoms with Crippen molar-refractivity contribution in [3.8, 4) is 0 Å². The highest BCUT2D eigenvalue weighted by Crippen LogP contribution is 2.33. The number of carbonyl (C=O) groups excluding carboxylic acids is 1. The first-order valence-electron chi connectivity index (χ1n) is 11.5. The van der Waals surface area contributed by atoms with Crippen molar-refractivity contribution in [2.75, 3.05) is 40.0 Å². The molecule has 0 aliphatic carbocycles. The van der Waals surface area contributed by atoms with Crippen molar-refractivity contribution in [2.45, 2.75) is 64.2 Å². The fourth-order valence-electron chi connectivity index (χ4n) is 3.45. The van der Waals surface area contributed by atoms with E-state index in [9.17, 15) is 4.79 Å². The summed E-state index contributed by atoms with van der Waals surface area (Å²) in [7, 11) is 0.650. The highest BCUT2D eigenvalue weighted by Gasteiger charge is 2.17. The fraction of sp³-hybridized carbons (Fsp3) is 0.696. The number of benzene rings is 1. The Kier molecular flexibility index (Phi) is 14.2. The van der Waals surface area contributed by atoms with E-state index in [2.05, 4.69) is 5.09 Å². The van der Waals surface area contributed by atoms with Crippen LogP contribution in [0.4, 0.5) is 0 Å². The molecule has 170 valence electrons. The third-order valence-corrected chi connectivity index (χ3v) is 6.44. The molecule has 7 heteroatoms. The number of hydrogen-bond donors (Lipinski definition) is 1. The van der Waals surface area contributed by atoms with Crippen LogP contribution in [0, 0.1) is 0 Å². The van der Waals surface area contributed by atoms with Crippen molar-refractivity contribution in [2.24, 2.45) is 0 Å².